The largest absolute Gasteiger partial charge is 1.00 e. The molecule has 10 nitrogen and oxygen atoms in total. The molecule has 2 aromatic carbocycles. The number of amides is 3. The third-order valence-electron chi connectivity index (χ3n) is 5.94. The van der Waals surface area contributed by atoms with Crippen molar-refractivity contribution in [1.82, 2.24) is 15.2 Å². The van der Waals surface area contributed by atoms with Gasteiger partial charge in [0.15, 0.2) is 0 Å². The van der Waals surface area contributed by atoms with Gasteiger partial charge in [-0.1, -0.05) is 48.5 Å². The maximum Gasteiger partial charge on any atom is 0.247 e. The van der Waals surface area contributed by atoms with Crippen molar-refractivity contribution in [3.8, 4) is 0 Å². The highest BCUT2D eigenvalue weighted by Gasteiger charge is 2.26. The van der Waals surface area contributed by atoms with E-state index in [4.69, 9.17) is 17.2 Å². The number of anilines is 1. The molecule has 0 unspecified atom stereocenters. The Hall–Kier alpha value is -2.70. The molecule has 1 aromatic heterocycles. The molecule has 0 aliphatic rings. The first kappa shape index (κ1) is 40.4. The van der Waals surface area contributed by atoms with Gasteiger partial charge in [-0.25, -0.2) is 0 Å². The van der Waals surface area contributed by atoms with Gasteiger partial charge in [0, 0.05) is 31.6 Å². The summed E-state index contributed by atoms with van der Waals surface area (Å²) < 4.78 is 0. The molecule has 0 saturated heterocycles. The second kappa shape index (κ2) is 21.1. The van der Waals surface area contributed by atoms with E-state index in [1.165, 1.54) is 4.90 Å². The summed E-state index contributed by atoms with van der Waals surface area (Å²) in [4.78, 5) is 44.6. The van der Waals surface area contributed by atoms with Gasteiger partial charge < -0.3 is 82.4 Å². The summed E-state index contributed by atoms with van der Waals surface area (Å²) in [6, 6.07) is 17.1. The maximum absolute atomic E-state index is 13.2. The third-order valence-corrected chi connectivity index (χ3v) is 5.94. The second-order valence-corrected chi connectivity index (χ2v) is 8.76. The van der Waals surface area contributed by atoms with Gasteiger partial charge in [-0.15, -0.1) is 0 Å². The Labute approximate surface area is 265 Å². The van der Waals surface area contributed by atoms with Crippen LogP contribution in [0.25, 0.3) is 10.9 Å². The molecule has 1 heterocycles. The molecule has 0 bridgehead atoms. The van der Waals surface area contributed by atoms with E-state index in [1.54, 1.807) is 6.20 Å². The van der Waals surface area contributed by atoms with Gasteiger partial charge in [-0.3, -0.25) is 19.4 Å². The Balaban J connectivity index is 0. The quantitative estimate of drug-likeness (QED) is 0.123. The van der Waals surface area contributed by atoms with Crippen molar-refractivity contribution < 1.29 is 64.0 Å². The lowest BCUT2D eigenvalue weighted by Crippen LogP contribution is -3.00. The summed E-state index contributed by atoms with van der Waals surface area (Å²) in [5.41, 5.74) is 19.5. The molecule has 3 rings (SSSR count). The van der Waals surface area contributed by atoms with Gasteiger partial charge in [-0.05, 0) is 30.5 Å². The van der Waals surface area contributed by atoms with Crippen LogP contribution in [0.4, 0.5) is 5.69 Å². The van der Waals surface area contributed by atoms with Gasteiger partial charge in [0.1, 0.15) is 6.04 Å². The number of halogens is 4. The van der Waals surface area contributed by atoms with Crippen LogP contribution in [0.15, 0.2) is 66.9 Å². The van der Waals surface area contributed by atoms with Crippen molar-refractivity contribution in [2.24, 2.45) is 17.2 Å². The third kappa shape index (κ3) is 12.8. The number of nitrogens with two attached hydrogens (primary N) is 3. The number of pyridine rings is 1. The van der Waals surface area contributed by atoms with Crippen LogP contribution in [0.1, 0.15) is 18.4 Å². The van der Waals surface area contributed by atoms with E-state index in [0.717, 1.165) is 16.5 Å². The summed E-state index contributed by atoms with van der Waals surface area (Å²) in [6.07, 6.45) is 2.26. The zero-order valence-corrected chi connectivity index (χ0v) is 25.3. The fourth-order valence-electron chi connectivity index (χ4n) is 3.95. The van der Waals surface area contributed by atoms with Gasteiger partial charge in [0.25, 0.3) is 0 Å². The van der Waals surface area contributed by atoms with E-state index in [9.17, 15) is 14.4 Å². The normalized spacial score (nSPS) is 11.3. The molecule has 228 valence electrons. The van der Waals surface area contributed by atoms with Crippen LogP contribution >= 0.6 is 0 Å². The maximum atomic E-state index is 13.2. The molecule has 0 aliphatic carbocycles. The van der Waals surface area contributed by atoms with E-state index in [-0.39, 0.29) is 75.0 Å². The first-order valence-corrected chi connectivity index (χ1v) is 12.3. The lowest BCUT2D eigenvalue weighted by atomic mass is 10.0. The van der Waals surface area contributed by atoms with Gasteiger partial charge >= 0.3 is 0 Å². The molecule has 0 spiro atoms. The van der Waals surface area contributed by atoms with Crippen molar-refractivity contribution in [3.63, 3.8) is 0 Å². The Morgan fingerprint density at radius 3 is 2.10 bits per heavy atom. The number of hydrogen-bond acceptors (Lipinski definition) is 7. The number of hydrogen-bond donors (Lipinski definition) is 5. The number of carbonyl (C=O) groups is 3. The predicted octanol–water partition coefficient (Wildman–Crippen LogP) is -11.2. The lowest BCUT2D eigenvalue weighted by Gasteiger charge is -2.24. The molecule has 0 radical (unpaired) electrons. The number of fused-ring (bicyclic) bond motifs is 1. The molecular weight excluding hydrogens is 612 g/mol. The minimum atomic E-state index is -1.13. The summed E-state index contributed by atoms with van der Waals surface area (Å²) in [7, 11) is 0. The lowest BCUT2D eigenvalue weighted by molar-refractivity contribution is -0.134. The number of nitrogens with zero attached hydrogens (tertiary/aromatic N) is 2. The second-order valence-electron chi connectivity index (χ2n) is 8.76. The molecule has 2 atom stereocenters. The first-order chi connectivity index (χ1) is 17.9. The average molecular weight is 647 g/mol. The molecule has 8 N–H and O–H groups in total. The van der Waals surface area contributed by atoms with Crippen LogP contribution in [0.5, 0.6) is 0 Å². The molecule has 14 heteroatoms. The number of rotatable bonds is 13. The van der Waals surface area contributed by atoms with Gasteiger partial charge in [0.2, 0.25) is 17.7 Å². The SMILES string of the molecule is NCCN(CCN)C(=O)C[C@H](N)C(=O)N[C@@H](CCc1ccccc1)C(=O)Nc1cnc2ccccc2c1.[Cl-].[Cl-].[Cl-].[Cl-]. The van der Waals surface area contributed by atoms with E-state index >= 15 is 0 Å². The fourth-order valence-corrected chi connectivity index (χ4v) is 3.95. The Morgan fingerprint density at radius 2 is 1.46 bits per heavy atom. The monoisotopic (exact) mass is 645 g/mol. The number of nitrogens with one attached hydrogen (secondary N) is 2. The van der Waals surface area contributed by atoms with E-state index in [2.05, 4.69) is 15.6 Å². The van der Waals surface area contributed by atoms with E-state index in [1.807, 2.05) is 60.7 Å². The van der Waals surface area contributed by atoms with Crippen LogP contribution in [-0.4, -0.2) is 65.9 Å². The van der Waals surface area contributed by atoms with E-state index in [0.29, 0.717) is 31.6 Å². The van der Waals surface area contributed by atoms with Crippen molar-refractivity contribution in [2.45, 2.75) is 31.3 Å². The smallest absolute Gasteiger partial charge is 0.247 e. The highest BCUT2D eigenvalue weighted by atomic mass is 35.5. The number of benzene rings is 2. The summed E-state index contributed by atoms with van der Waals surface area (Å²) in [6.45, 7) is 1.20. The Bertz CT molecular complexity index is 1200. The van der Waals surface area contributed by atoms with Crippen molar-refractivity contribution in [2.75, 3.05) is 31.5 Å². The summed E-state index contributed by atoms with van der Waals surface area (Å²) in [5.74, 6) is -1.29. The fraction of sp³-hybridized carbons (Fsp3) is 0.333. The Morgan fingerprint density at radius 1 is 0.854 bits per heavy atom. The molecule has 0 saturated carbocycles. The van der Waals surface area contributed by atoms with Crippen LogP contribution in [0.3, 0.4) is 0 Å². The van der Waals surface area contributed by atoms with Crippen LogP contribution in [0, 0.1) is 0 Å². The summed E-state index contributed by atoms with van der Waals surface area (Å²) in [5, 5.41) is 6.46. The van der Waals surface area contributed by atoms with Gasteiger partial charge in [-0.2, -0.15) is 0 Å². The molecular formula is C27H35Cl4N7O3-4. The zero-order valence-electron chi connectivity index (χ0n) is 22.3. The molecule has 3 amide bonds. The molecule has 41 heavy (non-hydrogen) atoms. The topological polar surface area (TPSA) is 169 Å². The zero-order chi connectivity index (χ0) is 26.6. The van der Waals surface area contributed by atoms with Crippen molar-refractivity contribution >= 4 is 34.3 Å². The first-order valence-electron chi connectivity index (χ1n) is 12.3. The Kier molecular flexibility index (Phi) is 20.8. The number of aryl methyl sites for hydroxylation is 1. The average Bonchev–Trinajstić information content (AvgIpc) is 2.91. The predicted molar refractivity (Wildman–Crippen MR) is 144 cm³/mol. The number of aromatic nitrogens is 1. The molecule has 3 aromatic rings. The number of para-hydroxylation sites is 1. The number of carbonyl (C=O) groups excluding carboxylic acids is 3. The van der Waals surface area contributed by atoms with Crippen LogP contribution < -0.4 is 77.5 Å². The van der Waals surface area contributed by atoms with Crippen LogP contribution in [0.2, 0.25) is 0 Å². The van der Waals surface area contributed by atoms with Crippen molar-refractivity contribution in [1.29, 1.82) is 0 Å². The molecule has 0 aliphatic heterocycles. The minimum Gasteiger partial charge on any atom is -1.00 e. The minimum absolute atomic E-state index is 0. The highest BCUT2D eigenvalue weighted by molar-refractivity contribution is 5.99. The standard InChI is InChI=1S/C27H35N7O3.4ClH/c28-12-14-34(15-13-29)25(35)17-22(30)26(36)33-24(11-10-19-6-2-1-3-7-19)27(37)32-21-16-20-8-4-5-9-23(20)31-18-21;;;;/h1-9,16,18,22,24H,10-15,17,28-30H2,(H,32,37)(H,33,36);4*1H/p-4/t22-,24-;;;;/m0..../s1. The van der Waals surface area contributed by atoms with Gasteiger partial charge in [0.05, 0.1) is 29.9 Å². The molecule has 0 fully saturated rings. The van der Waals surface area contributed by atoms with Crippen LogP contribution in [-0.2, 0) is 20.8 Å². The van der Waals surface area contributed by atoms with Crippen molar-refractivity contribution in [3.05, 3.63) is 72.4 Å². The summed E-state index contributed by atoms with van der Waals surface area (Å²) >= 11 is 0. The van der Waals surface area contributed by atoms with E-state index < -0.39 is 23.9 Å². The highest BCUT2D eigenvalue weighted by Crippen LogP contribution is 2.17.